The number of carbonyl (C=O) groups is 3. The Labute approximate surface area is 113 Å². The van der Waals surface area contributed by atoms with Crippen molar-refractivity contribution in [2.75, 3.05) is 19.6 Å². The minimum atomic E-state index is -0.958. The molecule has 0 radical (unpaired) electrons. The van der Waals surface area contributed by atoms with E-state index < -0.39 is 23.2 Å². The molecule has 0 aromatic rings. The summed E-state index contributed by atoms with van der Waals surface area (Å²) < 4.78 is 0. The third-order valence-corrected chi connectivity index (χ3v) is 3.91. The fraction of sp³-hybridized carbons (Fsp3) is 0.769. The maximum absolute atomic E-state index is 11.9. The van der Waals surface area contributed by atoms with Crippen molar-refractivity contribution in [3.63, 3.8) is 0 Å². The minimum Gasteiger partial charge on any atom is -0.481 e. The predicted molar refractivity (Wildman–Crippen MR) is 69.3 cm³/mol. The SMILES string of the molecule is CCN(CC)C(=O)CNC(=O)[C@H]1[C@@H](C(=O)O)C1(C)C. The van der Waals surface area contributed by atoms with Gasteiger partial charge in [-0.1, -0.05) is 13.8 Å². The van der Waals surface area contributed by atoms with E-state index in [9.17, 15) is 14.4 Å². The number of carbonyl (C=O) groups excluding carboxylic acids is 2. The molecule has 0 unspecified atom stereocenters. The average molecular weight is 270 g/mol. The van der Waals surface area contributed by atoms with Gasteiger partial charge in [-0.25, -0.2) is 0 Å². The van der Waals surface area contributed by atoms with Crippen molar-refractivity contribution in [2.45, 2.75) is 27.7 Å². The molecule has 0 aliphatic heterocycles. The Morgan fingerprint density at radius 1 is 1.16 bits per heavy atom. The van der Waals surface area contributed by atoms with Gasteiger partial charge in [-0.3, -0.25) is 14.4 Å². The van der Waals surface area contributed by atoms with Gasteiger partial charge in [0.25, 0.3) is 0 Å². The maximum atomic E-state index is 11.9. The van der Waals surface area contributed by atoms with Gasteiger partial charge in [0, 0.05) is 13.1 Å². The molecule has 2 atom stereocenters. The number of carboxylic acids is 1. The van der Waals surface area contributed by atoms with Crippen molar-refractivity contribution in [3.05, 3.63) is 0 Å². The molecule has 1 aliphatic carbocycles. The van der Waals surface area contributed by atoms with Gasteiger partial charge in [0.1, 0.15) is 0 Å². The monoisotopic (exact) mass is 270 g/mol. The average Bonchev–Trinajstić information content (AvgIpc) is 2.91. The molecule has 6 nitrogen and oxygen atoms in total. The first-order valence-corrected chi connectivity index (χ1v) is 6.55. The van der Waals surface area contributed by atoms with Crippen molar-refractivity contribution in [3.8, 4) is 0 Å². The summed E-state index contributed by atoms with van der Waals surface area (Å²) in [7, 11) is 0. The van der Waals surface area contributed by atoms with Gasteiger partial charge in [-0.15, -0.1) is 0 Å². The van der Waals surface area contributed by atoms with Crippen LogP contribution in [0.15, 0.2) is 0 Å². The van der Waals surface area contributed by atoms with Gasteiger partial charge in [-0.2, -0.15) is 0 Å². The number of likely N-dealkylation sites (N-methyl/N-ethyl adjacent to an activating group) is 1. The minimum absolute atomic E-state index is 0.0700. The first-order valence-electron chi connectivity index (χ1n) is 6.55. The van der Waals surface area contributed by atoms with Gasteiger partial charge in [0.05, 0.1) is 18.4 Å². The van der Waals surface area contributed by atoms with Crippen LogP contribution in [0.1, 0.15) is 27.7 Å². The topological polar surface area (TPSA) is 86.7 Å². The molecule has 1 aliphatic rings. The van der Waals surface area contributed by atoms with Crippen molar-refractivity contribution in [2.24, 2.45) is 17.3 Å². The highest BCUT2D eigenvalue weighted by Gasteiger charge is 2.65. The zero-order valence-electron chi connectivity index (χ0n) is 11.9. The van der Waals surface area contributed by atoms with E-state index in [1.54, 1.807) is 18.7 Å². The summed E-state index contributed by atoms with van der Waals surface area (Å²) in [4.78, 5) is 36.2. The third-order valence-electron chi connectivity index (χ3n) is 3.91. The highest BCUT2D eigenvalue weighted by molar-refractivity contribution is 5.93. The number of hydrogen-bond acceptors (Lipinski definition) is 3. The van der Waals surface area contributed by atoms with Gasteiger partial charge >= 0.3 is 5.97 Å². The fourth-order valence-electron chi connectivity index (χ4n) is 2.55. The molecule has 2 N–H and O–H groups in total. The lowest BCUT2D eigenvalue weighted by Gasteiger charge is -2.18. The van der Waals surface area contributed by atoms with Gasteiger partial charge in [-0.05, 0) is 19.3 Å². The highest BCUT2D eigenvalue weighted by atomic mass is 16.4. The molecule has 19 heavy (non-hydrogen) atoms. The van der Waals surface area contributed by atoms with Crippen LogP contribution in [-0.4, -0.2) is 47.4 Å². The fourth-order valence-corrected chi connectivity index (χ4v) is 2.55. The van der Waals surface area contributed by atoms with Gasteiger partial charge in [0.2, 0.25) is 11.8 Å². The lowest BCUT2D eigenvalue weighted by Crippen LogP contribution is -2.41. The first-order chi connectivity index (χ1) is 8.77. The van der Waals surface area contributed by atoms with Gasteiger partial charge in [0.15, 0.2) is 0 Å². The standard InChI is InChI=1S/C13H22N2O4/c1-5-15(6-2)8(16)7-14-11(17)9-10(12(18)19)13(9,3)4/h9-10H,5-7H2,1-4H3,(H,14,17)(H,18,19)/t9-,10+/m1/s1. The molecule has 0 aromatic carbocycles. The van der Waals surface area contributed by atoms with E-state index in [1.165, 1.54) is 0 Å². The number of amides is 2. The predicted octanol–water partition coefficient (Wildman–Crippen LogP) is 0.328. The number of nitrogens with zero attached hydrogens (tertiary/aromatic N) is 1. The molecule has 1 rings (SSSR count). The Morgan fingerprint density at radius 3 is 2.05 bits per heavy atom. The van der Waals surface area contributed by atoms with Crippen molar-refractivity contribution < 1.29 is 19.5 Å². The molecule has 0 heterocycles. The van der Waals surface area contributed by atoms with Crippen LogP contribution >= 0.6 is 0 Å². The zero-order chi connectivity index (χ0) is 14.8. The van der Waals surface area contributed by atoms with Crippen LogP contribution in [0.2, 0.25) is 0 Å². The Balaban J connectivity index is 2.50. The van der Waals surface area contributed by atoms with E-state index in [2.05, 4.69) is 5.32 Å². The molecule has 6 heteroatoms. The lowest BCUT2D eigenvalue weighted by atomic mass is 10.1. The number of rotatable bonds is 6. The quantitative estimate of drug-likeness (QED) is 0.728. The molecular formula is C13H22N2O4. The van der Waals surface area contributed by atoms with E-state index >= 15 is 0 Å². The van der Waals surface area contributed by atoms with Crippen LogP contribution in [-0.2, 0) is 14.4 Å². The van der Waals surface area contributed by atoms with Crippen molar-refractivity contribution in [1.82, 2.24) is 10.2 Å². The molecule has 0 aromatic heterocycles. The van der Waals surface area contributed by atoms with Gasteiger partial charge < -0.3 is 15.3 Å². The summed E-state index contributed by atoms with van der Waals surface area (Å²) in [6.45, 7) is 8.36. The Kier molecular flexibility index (Phi) is 4.55. The smallest absolute Gasteiger partial charge is 0.307 e. The number of nitrogens with one attached hydrogen (secondary N) is 1. The summed E-state index contributed by atoms with van der Waals surface area (Å²) in [6.07, 6.45) is 0. The molecule has 1 fully saturated rings. The van der Waals surface area contributed by atoms with E-state index in [-0.39, 0.29) is 18.4 Å². The summed E-state index contributed by atoms with van der Waals surface area (Å²) in [5.74, 6) is -2.66. The second-order valence-corrected chi connectivity index (χ2v) is 5.40. The molecule has 1 saturated carbocycles. The number of carboxylic acid groups (broad SMARTS) is 1. The van der Waals surface area contributed by atoms with Crippen molar-refractivity contribution >= 4 is 17.8 Å². The van der Waals surface area contributed by atoms with E-state index in [0.717, 1.165) is 0 Å². The first kappa shape index (κ1) is 15.5. The third kappa shape index (κ3) is 3.05. The summed E-state index contributed by atoms with van der Waals surface area (Å²) >= 11 is 0. The summed E-state index contributed by atoms with van der Waals surface area (Å²) in [6, 6.07) is 0. The zero-order valence-corrected chi connectivity index (χ0v) is 11.9. The van der Waals surface area contributed by atoms with Crippen LogP contribution in [0, 0.1) is 17.3 Å². The van der Waals surface area contributed by atoms with Crippen LogP contribution in [0.5, 0.6) is 0 Å². The lowest BCUT2D eigenvalue weighted by molar-refractivity contribution is -0.140. The molecule has 0 saturated heterocycles. The molecule has 2 amide bonds. The highest BCUT2D eigenvalue weighted by Crippen LogP contribution is 2.58. The van der Waals surface area contributed by atoms with Crippen LogP contribution < -0.4 is 5.32 Å². The molecular weight excluding hydrogens is 248 g/mol. The van der Waals surface area contributed by atoms with E-state index in [1.807, 2.05) is 13.8 Å². The number of aliphatic carboxylic acids is 1. The summed E-state index contributed by atoms with van der Waals surface area (Å²) in [5.41, 5.74) is -0.534. The second-order valence-electron chi connectivity index (χ2n) is 5.40. The Morgan fingerprint density at radius 2 is 1.68 bits per heavy atom. The van der Waals surface area contributed by atoms with Crippen molar-refractivity contribution in [1.29, 1.82) is 0 Å². The maximum Gasteiger partial charge on any atom is 0.307 e. The Hall–Kier alpha value is -1.59. The Bertz CT molecular complexity index is 388. The number of hydrogen-bond donors (Lipinski definition) is 2. The molecule has 0 spiro atoms. The van der Waals surface area contributed by atoms with Crippen LogP contribution in [0.4, 0.5) is 0 Å². The van der Waals surface area contributed by atoms with Crippen LogP contribution in [0.25, 0.3) is 0 Å². The van der Waals surface area contributed by atoms with E-state index in [0.29, 0.717) is 13.1 Å². The second kappa shape index (κ2) is 5.59. The summed E-state index contributed by atoms with van der Waals surface area (Å²) in [5, 5.41) is 11.5. The van der Waals surface area contributed by atoms with E-state index in [4.69, 9.17) is 5.11 Å². The molecule has 108 valence electrons. The normalized spacial score (nSPS) is 23.6. The van der Waals surface area contributed by atoms with Crippen LogP contribution in [0.3, 0.4) is 0 Å². The molecule has 0 bridgehead atoms. The largest absolute Gasteiger partial charge is 0.481 e.